The molecule has 2 rings (SSSR count). The van der Waals surface area contributed by atoms with Crippen molar-refractivity contribution in [2.45, 2.75) is 4.90 Å². The van der Waals surface area contributed by atoms with Gasteiger partial charge in [-0.3, -0.25) is 9.10 Å². The number of hydrogen-bond acceptors (Lipinski definition) is 4. The molecule has 0 bridgehead atoms. The van der Waals surface area contributed by atoms with Gasteiger partial charge < -0.3 is 10.5 Å². The summed E-state index contributed by atoms with van der Waals surface area (Å²) >= 11 is 0. The van der Waals surface area contributed by atoms with Gasteiger partial charge in [-0.15, -0.1) is 0 Å². The maximum atomic E-state index is 12.9. The van der Waals surface area contributed by atoms with Crippen LogP contribution in [0.15, 0.2) is 53.4 Å². The molecule has 0 radical (unpaired) electrons. The Kier molecular flexibility index (Phi) is 4.85. The third-order valence-electron chi connectivity index (χ3n) is 3.05. The third kappa shape index (κ3) is 3.98. The number of ether oxygens (including phenoxy) is 1. The van der Waals surface area contributed by atoms with Crippen LogP contribution in [0.5, 0.6) is 5.75 Å². The average molecular weight is 338 g/mol. The number of amides is 1. The van der Waals surface area contributed by atoms with E-state index in [0.717, 1.165) is 16.4 Å². The summed E-state index contributed by atoms with van der Waals surface area (Å²) in [6.07, 6.45) is 0. The van der Waals surface area contributed by atoms with Crippen LogP contribution in [0.2, 0.25) is 0 Å². The molecule has 0 aromatic heterocycles. The van der Waals surface area contributed by atoms with Crippen LogP contribution in [-0.4, -0.2) is 28.0 Å². The molecular weight excluding hydrogens is 323 g/mol. The monoisotopic (exact) mass is 338 g/mol. The van der Waals surface area contributed by atoms with Gasteiger partial charge in [0.2, 0.25) is 0 Å². The summed E-state index contributed by atoms with van der Waals surface area (Å²) < 4.78 is 44.0. The Hall–Kier alpha value is -2.61. The predicted molar refractivity (Wildman–Crippen MR) is 83.1 cm³/mol. The summed E-state index contributed by atoms with van der Waals surface area (Å²) in [5, 5.41) is 0. The van der Waals surface area contributed by atoms with E-state index in [1.54, 1.807) is 0 Å². The molecule has 0 aliphatic carbocycles. The van der Waals surface area contributed by atoms with Crippen LogP contribution in [0, 0.1) is 5.82 Å². The second-order valence-corrected chi connectivity index (χ2v) is 6.64. The molecule has 0 unspecified atom stereocenters. The van der Waals surface area contributed by atoms with Crippen LogP contribution < -0.4 is 14.8 Å². The van der Waals surface area contributed by atoms with Gasteiger partial charge in [-0.25, -0.2) is 12.8 Å². The number of primary amides is 1. The Morgan fingerprint density at radius 3 is 2.22 bits per heavy atom. The molecule has 0 atom stereocenters. The first-order valence-electron chi connectivity index (χ1n) is 6.56. The van der Waals surface area contributed by atoms with Crippen LogP contribution in [-0.2, 0) is 14.8 Å². The molecule has 0 aliphatic heterocycles. The molecule has 0 aliphatic rings. The number of carbonyl (C=O) groups excluding carboxylic acids is 1. The number of benzene rings is 2. The first kappa shape index (κ1) is 16.8. The summed E-state index contributed by atoms with van der Waals surface area (Å²) in [7, 11) is -2.41. The minimum absolute atomic E-state index is 0.0181. The second kappa shape index (κ2) is 6.66. The molecule has 2 aromatic carbocycles. The van der Waals surface area contributed by atoms with E-state index < -0.39 is 21.7 Å². The van der Waals surface area contributed by atoms with Crippen LogP contribution in [0.4, 0.5) is 10.1 Å². The Morgan fingerprint density at radius 2 is 1.70 bits per heavy atom. The molecule has 0 spiro atoms. The Labute approximate surface area is 133 Å². The molecule has 0 fully saturated rings. The number of carbonyl (C=O) groups is 1. The lowest BCUT2D eigenvalue weighted by molar-refractivity contribution is -0.119. The SMILES string of the molecule is CN(c1ccc(OCC(N)=O)cc1)S(=O)(=O)c1ccc(F)cc1. The van der Waals surface area contributed by atoms with Crippen molar-refractivity contribution in [3.05, 3.63) is 54.3 Å². The quantitative estimate of drug-likeness (QED) is 0.864. The number of anilines is 1. The van der Waals surface area contributed by atoms with Gasteiger partial charge in [0.15, 0.2) is 6.61 Å². The van der Waals surface area contributed by atoms with E-state index in [9.17, 15) is 17.6 Å². The normalized spacial score (nSPS) is 11.0. The molecule has 1 amide bonds. The minimum atomic E-state index is -3.80. The molecule has 8 heteroatoms. The highest BCUT2D eigenvalue weighted by molar-refractivity contribution is 7.92. The predicted octanol–water partition coefficient (Wildman–Crippen LogP) is 1.51. The van der Waals surface area contributed by atoms with E-state index in [-0.39, 0.29) is 11.5 Å². The first-order chi connectivity index (χ1) is 10.8. The zero-order valence-corrected chi connectivity index (χ0v) is 13.1. The van der Waals surface area contributed by atoms with Gasteiger partial charge in [0.1, 0.15) is 11.6 Å². The van der Waals surface area contributed by atoms with E-state index in [1.807, 2.05) is 0 Å². The topological polar surface area (TPSA) is 89.7 Å². The van der Waals surface area contributed by atoms with E-state index >= 15 is 0 Å². The third-order valence-corrected chi connectivity index (χ3v) is 4.85. The fourth-order valence-electron chi connectivity index (χ4n) is 1.81. The summed E-state index contributed by atoms with van der Waals surface area (Å²) in [5.41, 5.74) is 5.36. The molecule has 122 valence electrons. The minimum Gasteiger partial charge on any atom is -0.484 e. The van der Waals surface area contributed by atoms with Crippen molar-refractivity contribution in [1.29, 1.82) is 0 Å². The molecule has 2 N–H and O–H groups in total. The summed E-state index contributed by atoms with van der Waals surface area (Å²) in [5.74, 6) is -0.729. The smallest absolute Gasteiger partial charge is 0.264 e. The first-order valence-corrected chi connectivity index (χ1v) is 8.00. The summed E-state index contributed by atoms with van der Waals surface area (Å²) in [4.78, 5) is 10.6. The van der Waals surface area contributed by atoms with Gasteiger partial charge in [0.05, 0.1) is 10.6 Å². The fourth-order valence-corrected chi connectivity index (χ4v) is 3.01. The van der Waals surface area contributed by atoms with Gasteiger partial charge in [0.25, 0.3) is 15.9 Å². The van der Waals surface area contributed by atoms with Gasteiger partial charge in [-0.1, -0.05) is 0 Å². The second-order valence-electron chi connectivity index (χ2n) is 4.68. The highest BCUT2D eigenvalue weighted by Gasteiger charge is 2.21. The van der Waals surface area contributed by atoms with E-state index in [0.29, 0.717) is 11.4 Å². The summed E-state index contributed by atoms with van der Waals surface area (Å²) in [6, 6.07) is 10.7. The van der Waals surface area contributed by atoms with Gasteiger partial charge >= 0.3 is 0 Å². The van der Waals surface area contributed by atoms with Crippen LogP contribution in [0.1, 0.15) is 0 Å². The number of halogens is 1. The standard InChI is InChI=1S/C15H15FN2O4S/c1-18(23(20,21)14-8-2-11(16)3-9-14)12-4-6-13(7-5-12)22-10-15(17)19/h2-9H,10H2,1H3,(H2,17,19). The van der Waals surface area contributed by atoms with E-state index in [2.05, 4.69) is 0 Å². The molecule has 0 heterocycles. The van der Waals surface area contributed by atoms with Crippen molar-refractivity contribution in [3.8, 4) is 5.75 Å². The average Bonchev–Trinajstić information content (AvgIpc) is 2.53. The Bertz CT molecular complexity index is 789. The zero-order chi connectivity index (χ0) is 17.0. The molecule has 0 saturated heterocycles. The van der Waals surface area contributed by atoms with Gasteiger partial charge in [-0.2, -0.15) is 0 Å². The largest absolute Gasteiger partial charge is 0.484 e. The maximum Gasteiger partial charge on any atom is 0.264 e. The number of hydrogen-bond donors (Lipinski definition) is 1. The highest BCUT2D eigenvalue weighted by atomic mass is 32.2. The van der Waals surface area contributed by atoms with Crippen molar-refractivity contribution in [2.24, 2.45) is 5.73 Å². The number of sulfonamides is 1. The van der Waals surface area contributed by atoms with E-state index in [1.165, 1.54) is 43.4 Å². The molecule has 2 aromatic rings. The van der Waals surface area contributed by atoms with Crippen molar-refractivity contribution in [3.63, 3.8) is 0 Å². The number of nitrogens with two attached hydrogens (primary N) is 1. The highest BCUT2D eigenvalue weighted by Crippen LogP contribution is 2.24. The van der Waals surface area contributed by atoms with Crippen LogP contribution in [0.25, 0.3) is 0 Å². The Balaban J connectivity index is 2.20. The van der Waals surface area contributed by atoms with Crippen molar-refractivity contribution < 1.29 is 22.3 Å². The lowest BCUT2D eigenvalue weighted by atomic mass is 10.3. The Morgan fingerprint density at radius 1 is 1.13 bits per heavy atom. The molecule has 6 nitrogen and oxygen atoms in total. The fraction of sp³-hybridized carbons (Fsp3) is 0.133. The van der Waals surface area contributed by atoms with Crippen molar-refractivity contribution in [2.75, 3.05) is 18.0 Å². The summed E-state index contributed by atoms with van der Waals surface area (Å²) in [6.45, 7) is -0.261. The van der Waals surface area contributed by atoms with Crippen LogP contribution in [0.3, 0.4) is 0 Å². The molecule has 23 heavy (non-hydrogen) atoms. The number of nitrogens with zero attached hydrogens (tertiary/aromatic N) is 1. The van der Waals surface area contributed by atoms with Gasteiger partial charge in [0, 0.05) is 7.05 Å². The molecular formula is C15H15FN2O4S. The zero-order valence-electron chi connectivity index (χ0n) is 12.3. The van der Waals surface area contributed by atoms with E-state index in [4.69, 9.17) is 10.5 Å². The lowest BCUT2D eigenvalue weighted by Crippen LogP contribution is -2.26. The molecule has 0 saturated carbocycles. The number of rotatable bonds is 6. The van der Waals surface area contributed by atoms with Crippen molar-refractivity contribution in [1.82, 2.24) is 0 Å². The lowest BCUT2D eigenvalue weighted by Gasteiger charge is -2.19. The van der Waals surface area contributed by atoms with Crippen molar-refractivity contribution >= 4 is 21.6 Å². The van der Waals surface area contributed by atoms with Gasteiger partial charge in [-0.05, 0) is 48.5 Å². The maximum absolute atomic E-state index is 12.9. The van der Waals surface area contributed by atoms with Crippen LogP contribution >= 0.6 is 0 Å².